The largest absolute Gasteiger partial charge is 0.497 e. The Hall–Kier alpha value is -3.12. The first kappa shape index (κ1) is 18.3. The van der Waals surface area contributed by atoms with Crippen molar-refractivity contribution in [2.45, 2.75) is 10.3 Å². The highest BCUT2D eigenvalue weighted by Gasteiger charge is 2.15. The lowest BCUT2D eigenvalue weighted by Crippen LogP contribution is -1.99. The summed E-state index contributed by atoms with van der Waals surface area (Å²) in [5.74, 6) is 1.53. The third kappa shape index (κ3) is 3.77. The van der Waals surface area contributed by atoms with E-state index in [1.165, 1.54) is 21.6 Å². The molecule has 10 nitrogen and oxygen atoms in total. The summed E-state index contributed by atoms with van der Waals surface area (Å²) in [4.78, 5) is 0. The zero-order valence-electron chi connectivity index (χ0n) is 14.8. The molecule has 28 heavy (non-hydrogen) atoms. The monoisotopic (exact) mass is 414 g/mol. The van der Waals surface area contributed by atoms with Crippen molar-refractivity contribution >= 4 is 21.6 Å². The average Bonchev–Trinajstić information content (AvgIpc) is 3.41. The van der Waals surface area contributed by atoms with Gasteiger partial charge >= 0.3 is 0 Å². The van der Waals surface area contributed by atoms with Crippen molar-refractivity contribution in [1.82, 2.24) is 40.4 Å². The molecule has 0 bridgehead atoms. The highest BCUT2D eigenvalue weighted by atomic mass is 33.1. The Kier molecular flexibility index (Phi) is 5.39. The zero-order valence-corrected chi connectivity index (χ0v) is 16.5. The summed E-state index contributed by atoms with van der Waals surface area (Å²) in [5.41, 5.74) is 1.65. The van der Waals surface area contributed by atoms with E-state index in [-0.39, 0.29) is 0 Å². The summed E-state index contributed by atoms with van der Waals surface area (Å²) in [6.07, 6.45) is 0. The topological polar surface area (TPSA) is 106 Å². The lowest BCUT2D eigenvalue weighted by Gasteiger charge is -2.06. The van der Waals surface area contributed by atoms with Gasteiger partial charge in [-0.15, -0.1) is 10.2 Å². The summed E-state index contributed by atoms with van der Waals surface area (Å²) in [6, 6.07) is 14.9. The molecule has 0 atom stereocenters. The van der Waals surface area contributed by atoms with Crippen molar-refractivity contribution in [1.29, 1.82) is 0 Å². The summed E-state index contributed by atoms with van der Waals surface area (Å²) < 4.78 is 13.6. The van der Waals surface area contributed by atoms with Crippen molar-refractivity contribution < 1.29 is 9.47 Å². The quantitative estimate of drug-likeness (QED) is 0.419. The van der Waals surface area contributed by atoms with Gasteiger partial charge in [-0.25, -0.2) is 0 Å². The van der Waals surface area contributed by atoms with Crippen LogP contribution in [0.1, 0.15) is 0 Å². The SMILES string of the molecule is COc1ccc(-n2nnnc2SSc2nnnn2-c2ccc(OC)cc2)cc1. The van der Waals surface area contributed by atoms with Gasteiger partial charge in [0.15, 0.2) is 0 Å². The van der Waals surface area contributed by atoms with Crippen molar-refractivity contribution in [2.24, 2.45) is 0 Å². The van der Waals surface area contributed by atoms with E-state index in [4.69, 9.17) is 9.47 Å². The fourth-order valence-electron chi connectivity index (χ4n) is 2.31. The Bertz CT molecular complexity index is 963. The van der Waals surface area contributed by atoms with Crippen molar-refractivity contribution in [3.05, 3.63) is 48.5 Å². The Morgan fingerprint density at radius 1 is 0.643 bits per heavy atom. The molecule has 2 aromatic carbocycles. The normalized spacial score (nSPS) is 10.8. The molecule has 12 heteroatoms. The number of methoxy groups -OCH3 is 2. The Balaban J connectivity index is 1.52. The lowest BCUT2D eigenvalue weighted by atomic mass is 10.3. The first-order valence-corrected chi connectivity index (χ1v) is 10.1. The second-order valence-electron chi connectivity index (χ2n) is 5.31. The number of rotatable bonds is 7. The molecular formula is C16H14N8O2S2. The van der Waals surface area contributed by atoms with Crippen LogP contribution in [0, 0.1) is 0 Å². The van der Waals surface area contributed by atoms with E-state index < -0.39 is 0 Å². The van der Waals surface area contributed by atoms with Crippen LogP contribution in [0.15, 0.2) is 58.8 Å². The Morgan fingerprint density at radius 3 is 1.39 bits per heavy atom. The van der Waals surface area contributed by atoms with Gasteiger partial charge in [0, 0.05) is 0 Å². The van der Waals surface area contributed by atoms with Gasteiger partial charge in [-0.05, 0) is 91.0 Å². The van der Waals surface area contributed by atoms with Crippen LogP contribution >= 0.6 is 21.6 Å². The second kappa shape index (κ2) is 8.27. The predicted octanol–water partition coefficient (Wildman–Crippen LogP) is 2.45. The van der Waals surface area contributed by atoms with Crippen molar-refractivity contribution in [3.8, 4) is 22.9 Å². The molecule has 0 saturated heterocycles. The molecule has 0 aliphatic carbocycles. The number of hydrogen-bond donors (Lipinski definition) is 0. The minimum Gasteiger partial charge on any atom is -0.497 e. The van der Waals surface area contributed by atoms with Crippen LogP contribution in [0.5, 0.6) is 11.5 Å². The minimum atomic E-state index is 0.597. The molecule has 0 saturated carbocycles. The third-order valence-corrected chi connectivity index (χ3v) is 5.74. The summed E-state index contributed by atoms with van der Waals surface area (Å²) in [7, 11) is 5.96. The first-order valence-electron chi connectivity index (χ1n) is 7.98. The summed E-state index contributed by atoms with van der Waals surface area (Å²) in [6.45, 7) is 0. The summed E-state index contributed by atoms with van der Waals surface area (Å²) >= 11 is 0. The van der Waals surface area contributed by atoms with Gasteiger partial charge in [0.1, 0.15) is 11.5 Å². The number of tetrazole rings is 2. The number of aromatic nitrogens is 8. The number of benzene rings is 2. The second-order valence-corrected chi connectivity index (χ2v) is 7.37. The molecule has 0 aliphatic rings. The van der Waals surface area contributed by atoms with Crippen LogP contribution in [0.25, 0.3) is 11.4 Å². The smallest absolute Gasteiger partial charge is 0.225 e. The summed E-state index contributed by atoms with van der Waals surface area (Å²) in [5, 5.41) is 25.0. The Labute approximate surface area is 167 Å². The predicted molar refractivity (Wildman–Crippen MR) is 103 cm³/mol. The van der Waals surface area contributed by atoms with E-state index in [2.05, 4.69) is 31.1 Å². The molecule has 0 N–H and O–H groups in total. The zero-order chi connectivity index (χ0) is 19.3. The van der Waals surface area contributed by atoms with Gasteiger partial charge in [-0.3, -0.25) is 0 Å². The molecule has 0 fully saturated rings. The van der Waals surface area contributed by atoms with Gasteiger partial charge in [-0.1, -0.05) is 0 Å². The molecule has 0 radical (unpaired) electrons. The van der Waals surface area contributed by atoms with Crippen LogP contribution in [0.2, 0.25) is 0 Å². The van der Waals surface area contributed by atoms with Gasteiger partial charge in [0.05, 0.1) is 25.6 Å². The number of ether oxygens (including phenoxy) is 2. The molecule has 2 heterocycles. The van der Waals surface area contributed by atoms with Crippen LogP contribution < -0.4 is 9.47 Å². The maximum Gasteiger partial charge on any atom is 0.225 e. The van der Waals surface area contributed by atoms with Crippen LogP contribution in [0.3, 0.4) is 0 Å². The van der Waals surface area contributed by atoms with Crippen LogP contribution in [0.4, 0.5) is 0 Å². The van der Waals surface area contributed by atoms with Crippen molar-refractivity contribution in [2.75, 3.05) is 14.2 Å². The van der Waals surface area contributed by atoms with E-state index in [9.17, 15) is 0 Å². The lowest BCUT2D eigenvalue weighted by molar-refractivity contribution is 0.414. The van der Waals surface area contributed by atoms with Gasteiger partial charge < -0.3 is 9.47 Å². The molecule has 0 amide bonds. The van der Waals surface area contributed by atoms with E-state index in [0.717, 1.165) is 22.9 Å². The minimum absolute atomic E-state index is 0.597. The fourth-order valence-corrected chi connectivity index (χ4v) is 4.09. The van der Waals surface area contributed by atoms with Crippen LogP contribution in [-0.2, 0) is 0 Å². The number of nitrogens with zero attached hydrogens (tertiary/aromatic N) is 8. The van der Waals surface area contributed by atoms with E-state index in [1.54, 1.807) is 23.6 Å². The van der Waals surface area contributed by atoms with E-state index in [1.807, 2.05) is 48.5 Å². The number of hydrogen-bond acceptors (Lipinski definition) is 10. The Morgan fingerprint density at radius 2 is 1.04 bits per heavy atom. The molecular weight excluding hydrogens is 400 g/mol. The first-order chi connectivity index (χ1) is 13.8. The maximum absolute atomic E-state index is 5.18. The standard InChI is InChI=1S/C16H14N8O2S2/c1-25-13-7-3-11(4-8-13)23-15(17-19-21-23)27-28-16-18-20-22-24(16)12-5-9-14(26-2)10-6-12/h3-10H,1-2H3. The third-order valence-electron chi connectivity index (χ3n) is 3.71. The molecule has 4 rings (SSSR count). The van der Waals surface area contributed by atoms with Gasteiger partial charge in [0.25, 0.3) is 0 Å². The molecule has 4 aromatic rings. The van der Waals surface area contributed by atoms with Gasteiger partial charge in [-0.2, -0.15) is 9.36 Å². The van der Waals surface area contributed by atoms with Crippen LogP contribution in [-0.4, -0.2) is 54.6 Å². The fraction of sp³-hybridized carbons (Fsp3) is 0.125. The van der Waals surface area contributed by atoms with E-state index in [0.29, 0.717) is 10.3 Å². The molecule has 2 aromatic heterocycles. The molecule has 0 aliphatic heterocycles. The molecule has 0 spiro atoms. The maximum atomic E-state index is 5.18. The van der Waals surface area contributed by atoms with Crippen molar-refractivity contribution in [3.63, 3.8) is 0 Å². The van der Waals surface area contributed by atoms with Gasteiger partial charge in [0.2, 0.25) is 10.3 Å². The highest BCUT2D eigenvalue weighted by molar-refractivity contribution is 8.76. The molecule has 142 valence electrons. The average molecular weight is 414 g/mol. The molecule has 0 unspecified atom stereocenters. The van der Waals surface area contributed by atoms with E-state index >= 15 is 0 Å². The highest BCUT2D eigenvalue weighted by Crippen LogP contribution is 2.36.